The molecule has 1 fully saturated rings. The normalized spacial score (nSPS) is 13.7. The molecular formula is C17H20N6O3. The molecule has 1 saturated carbocycles. The third-order valence-electron chi connectivity index (χ3n) is 3.76. The Morgan fingerprint density at radius 1 is 1.19 bits per heavy atom. The minimum Gasteiger partial charge on any atom is -0.450 e. The third kappa shape index (κ3) is 6.24. The van der Waals surface area contributed by atoms with Crippen molar-refractivity contribution in [1.82, 2.24) is 15.0 Å². The molecule has 136 valence electrons. The lowest BCUT2D eigenvalue weighted by molar-refractivity contribution is 0.137. The Bertz CT molecular complexity index is 753. The molecule has 0 atom stereocenters. The van der Waals surface area contributed by atoms with Crippen LogP contribution in [0.3, 0.4) is 0 Å². The number of hydrogen-bond donors (Lipinski definition) is 4. The number of nitrogens with one attached hydrogen (secondary N) is 2. The van der Waals surface area contributed by atoms with E-state index in [0.29, 0.717) is 29.2 Å². The van der Waals surface area contributed by atoms with Gasteiger partial charge in [0.25, 0.3) is 0 Å². The van der Waals surface area contributed by atoms with E-state index in [1.165, 1.54) is 19.3 Å². The predicted octanol–water partition coefficient (Wildman–Crippen LogP) is 3.45. The van der Waals surface area contributed by atoms with Crippen LogP contribution >= 0.6 is 0 Å². The summed E-state index contributed by atoms with van der Waals surface area (Å²) in [5.74, 6) is 1.72. The minimum absolute atomic E-state index is 0.387. The lowest BCUT2D eigenvalue weighted by Gasteiger charge is -2.23. The van der Waals surface area contributed by atoms with E-state index in [-0.39, 0.29) is 0 Å². The van der Waals surface area contributed by atoms with Crippen molar-refractivity contribution in [2.24, 2.45) is 0 Å². The molecule has 0 saturated heterocycles. The molecule has 0 aliphatic heterocycles. The first-order valence-electron chi connectivity index (χ1n) is 8.22. The zero-order valence-electron chi connectivity index (χ0n) is 14.1. The number of aromatic nitrogens is 3. The van der Waals surface area contributed by atoms with Crippen LogP contribution in [0.1, 0.15) is 37.7 Å². The number of nitrogens with zero attached hydrogens (tertiary/aromatic N) is 4. The fourth-order valence-corrected chi connectivity index (χ4v) is 2.63. The maximum atomic E-state index is 9.23. The summed E-state index contributed by atoms with van der Waals surface area (Å²) in [5.41, 5.74) is 0.470. The van der Waals surface area contributed by atoms with Gasteiger partial charge >= 0.3 is 6.16 Å². The Balaban J connectivity index is 0.000000552. The van der Waals surface area contributed by atoms with Crippen LogP contribution in [0.2, 0.25) is 0 Å². The standard InChI is InChI=1S/C16H18N6.CH2O3/c17-10-12-11-19-16(21-14-8-4-5-9-18-14)22-15(12)20-13-6-2-1-3-7-13;2-1(3)4/h4-5,8-9,11,13H,1-3,6-7H2,(H2,18,19,20,21,22);(H2,2,3,4). The highest BCUT2D eigenvalue weighted by Gasteiger charge is 2.16. The lowest BCUT2D eigenvalue weighted by Crippen LogP contribution is -2.23. The molecule has 0 radical (unpaired) electrons. The van der Waals surface area contributed by atoms with Gasteiger partial charge in [0.2, 0.25) is 5.95 Å². The van der Waals surface area contributed by atoms with Crippen LogP contribution in [-0.2, 0) is 0 Å². The zero-order chi connectivity index (χ0) is 18.8. The number of hydrogen-bond acceptors (Lipinski definition) is 7. The Labute approximate surface area is 150 Å². The molecule has 0 aromatic carbocycles. The van der Waals surface area contributed by atoms with Gasteiger partial charge in [-0.05, 0) is 25.0 Å². The van der Waals surface area contributed by atoms with Crippen molar-refractivity contribution in [2.75, 3.05) is 10.6 Å². The van der Waals surface area contributed by atoms with Gasteiger partial charge in [0.15, 0.2) is 0 Å². The van der Waals surface area contributed by atoms with Gasteiger partial charge in [-0.15, -0.1) is 0 Å². The van der Waals surface area contributed by atoms with Crippen molar-refractivity contribution in [3.05, 3.63) is 36.2 Å². The molecule has 2 heterocycles. The molecule has 3 rings (SSSR count). The topological polar surface area (TPSA) is 144 Å². The quantitative estimate of drug-likeness (QED) is 0.647. The van der Waals surface area contributed by atoms with Crippen molar-refractivity contribution in [3.63, 3.8) is 0 Å². The van der Waals surface area contributed by atoms with E-state index in [9.17, 15) is 5.26 Å². The Morgan fingerprint density at radius 3 is 2.54 bits per heavy atom. The second-order valence-corrected chi connectivity index (χ2v) is 5.67. The highest BCUT2D eigenvalue weighted by atomic mass is 16.6. The second kappa shape index (κ2) is 9.78. The van der Waals surface area contributed by atoms with Gasteiger partial charge in [0, 0.05) is 12.2 Å². The van der Waals surface area contributed by atoms with Gasteiger partial charge in [0.1, 0.15) is 23.3 Å². The van der Waals surface area contributed by atoms with Crippen LogP contribution in [0.4, 0.5) is 22.4 Å². The average Bonchev–Trinajstić information content (AvgIpc) is 2.63. The van der Waals surface area contributed by atoms with Gasteiger partial charge < -0.3 is 20.8 Å². The van der Waals surface area contributed by atoms with Crippen LogP contribution in [0.5, 0.6) is 0 Å². The number of rotatable bonds is 4. The molecule has 1 aliphatic carbocycles. The summed E-state index contributed by atoms with van der Waals surface area (Å²) in [4.78, 5) is 21.4. The van der Waals surface area contributed by atoms with Gasteiger partial charge in [-0.25, -0.2) is 14.8 Å². The van der Waals surface area contributed by atoms with Gasteiger partial charge in [0.05, 0.1) is 6.20 Å². The summed E-state index contributed by atoms with van der Waals surface area (Å²) in [6.45, 7) is 0. The van der Waals surface area contributed by atoms with Crippen molar-refractivity contribution in [1.29, 1.82) is 5.26 Å². The molecule has 26 heavy (non-hydrogen) atoms. The molecular weight excluding hydrogens is 336 g/mol. The summed E-state index contributed by atoms with van der Waals surface area (Å²) >= 11 is 0. The Morgan fingerprint density at radius 2 is 1.92 bits per heavy atom. The summed E-state index contributed by atoms with van der Waals surface area (Å²) in [7, 11) is 0. The van der Waals surface area contributed by atoms with Crippen molar-refractivity contribution < 1.29 is 15.0 Å². The number of pyridine rings is 1. The molecule has 9 nitrogen and oxygen atoms in total. The fourth-order valence-electron chi connectivity index (χ4n) is 2.63. The van der Waals surface area contributed by atoms with Gasteiger partial charge in [-0.2, -0.15) is 10.2 Å². The molecule has 0 spiro atoms. The molecule has 0 bridgehead atoms. The van der Waals surface area contributed by atoms with Crippen molar-refractivity contribution >= 4 is 23.7 Å². The lowest BCUT2D eigenvalue weighted by atomic mass is 9.95. The van der Waals surface area contributed by atoms with E-state index in [4.69, 9.17) is 15.0 Å². The zero-order valence-corrected chi connectivity index (χ0v) is 14.1. The molecule has 0 amide bonds. The van der Waals surface area contributed by atoms with Gasteiger partial charge in [-0.3, -0.25) is 0 Å². The maximum Gasteiger partial charge on any atom is 0.503 e. The molecule has 1 aliphatic rings. The predicted molar refractivity (Wildman–Crippen MR) is 95.4 cm³/mol. The molecule has 0 unspecified atom stereocenters. The fraction of sp³-hybridized carbons (Fsp3) is 0.353. The summed E-state index contributed by atoms with van der Waals surface area (Å²) in [6, 6.07) is 8.11. The van der Waals surface area contributed by atoms with Crippen molar-refractivity contribution in [2.45, 2.75) is 38.1 Å². The van der Waals surface area contributed by atoms with E-state index >= 15 is 0 Å². The summed E-state index contributed by atoms with van der Waals surface area (Å²) in [5, 5.41) is 29.6. The monoisotopic (exact) mass is 356 g/mol. The third-order valence-corrected chi connectivity index (χ3v) is 3.76. The molecule has 9 heteroatoms. The SMILES string of the molecule is N#Cc1cnc(Nc2ccccn2)nc1NC1CCCCC1.O=C(O)O. The molecule has 2 aromatic heterocycles. The summed E-state index contributed by atoms with van der Waals surface area (Å²) < 4.78 is 0. The second-order valence-electron chi connectivity index (χ2n) is 5.67. The minimum atomic E-state index is -1.83. The Hall–Kier alpha value is -3.41. The number of anilines is 3. The number of nitriles is 1. The first-order chi connectivity index (χ1) is 12.6. The smallest absolute Gasteiger partial charge is 0.450 e. The average molecular weight is 356 g/mol. The van der Waals surface area contributed by atoms with E-state index < -0.39 is 6.16 Å². The van der Waals surface area contributed by atoms with Crippen LogP contribution in [0, 0.1) is 11.3 Å². The molecule has 2 aromatic rings. The van der Waals surface area contributed by atoms with Crippen LogP contribution < -0.4 is 10.6 Å². The maximum absolute atomic E-state index is 9.23. The highest BCUT2D eigenvalue weighted by molar-refractivity contribution is 5.56. The van der Waals surface area contributed by atoms with Crippen molar-refractivity contribution in [3.8, 4) is 6.07 Å². The van der Waals surface area contributed by atoms with Crippen LogP contribution in [0.15, 0.2) is 30.6 Å². The number of carbonyl (C=O) groups is 1. The van der Waals surface area contributed by atoms with E-state index in [0.717, 1.165) is 12.8 Å². The highest BCUT2D eigenvalue weighted by Crippen LogP contribution is 2.23. The largest absolute Gasteiger partial charge is 0.503 e. The van der Waals surface area contributed by atoms with E-state index in [1.54, 1.807) is 12.4 Å². The van der Waals surface area contributed by atoms with E-state index in [2.05, 4.69) is 31.7 Å². The summed E-state index contributed by atoms with van der Waals surface area (Å²) in [6.07, 6.45) is 7.40. The first-order valence-corrected chi connectivity index (χ1v) is 8.22. The molecule has 4 N–H and O–H groups in total. The number of carboxylic acid groups (broad SMARTS) is 2. The first kappa shape index (κ1) is 18.9. The van der Waals surface area contributed by atoms with E-state index in [1.807, 2.05) is 18.2 Å². The van der Waals surface area contributed by atoms with Gasteiger partial charge in [-0.1, -0.05) is 25.3 Å². The Kier molecular flexibility index (Phi) is 7.12. The van der Waals surface area contributed by atoms with Crippen LogP contribution in [-0.4, -0.2) is 37.4 Å². The van der Waals surface area contributed by atoms with Crippen LogP contribution in [0.25, 0.3) is 0 Å².